The minimum absolute atomic E-state index is 0.212. The van der Waals surface area contributed by atoms with Crippen LogP contribution in [0.5, 0.6) is 0 Å². The highest BCUT2D eigenvalue weighted by Crippen LogP contribution is 2.41. The second-order valence-electron chi connectivity index (χ2n) is 6.22. The van der Waals surface area contributed by atoms with Crippen molar-refractivity contribution in [3.8, 4) is 0 Å². The van der Waals surface area contributed by atoms with Gasteiger partial charge in [-0.3, -0.25) is 0 Å². The highest BCUT2D eigenvalue weighted by Gasteiger charge is 2.25. The lowest BCUT2D eigenvalue weighted by Crippen LogP contribution is -2.26. The molecule has 4 atom stereocenters. The SMILES string of the molecule is Cc1cccc(C(SC2CCCC(C)C2)C(C)N)c1. The molecule has 19 heavy (non-hydrogen) atoms. The molecule has 2 heteroatoms. The molecular formula is C17H27NS. The van der Waals surface area contributed by atoms with E-state index in [1.165, 1.54) is 36.8 Å². The Bertz CT molecular complexity index is 402. The van der Waals surface area contributed by atoms with Gasteiger partial charge in [-0.2, -0.15) is 0 Å². The Hall–Kier alpha value is -0.470. The van der Waals surface area contributed by atoms with Gasteiger partial charge in [-0.25, -0.2) is 0 Å². The van der Waals surface area contributed by atoms with Crippen molar-refractivity contribution < 1.29 is 0 Å². The molecule has 2 rings (SSSR count). The number of rotatable bonds is 4. The second kappa shape index (κ2) is 6.81. The number of aryl methyl sites for hydroxylation is 1. The van der Waals surface area contributed by atoms with Gasteiger partial charge in [0.05, 0.1) is 0 Å². The zero-order valence-electron chi connectivity index (χ0n) is 12.4. The maximum Gasteiger partial charge on any atom is 0.0448 e. The predicted octanol–water partition coefficient (Wildman–Crippen LogP) is 4.70. The summed E-state index contributed by atoms with van der Waals surface area (Å²) in [4.78, 5) is 0. The van der Waals surface area contributed by atoms with Gasteiger partial charge in [0.25, 0.3) is 0 Å². The van der Waals surface area contributed by atoms with E-state index < -0.39 is 0 Å². The van der Waals surface area contributed by atoms with Crippen molar-refractivity contribution in [1.82, 2.24) is 0 Å². The molecule has 1 fully saturated rings. The number of nitrogens with two attached hydrogens (primary N) is 1. The first-order chi connectivity index (χ1) is 9.06. The van der Waals surface area contributed by atoms with Gasteiger partial charge in [0.1, 0.15) is 0 Å². The van der Waals surface area contributed by atoms with Crippen LogP contribution in [-0.2, 0) is 0 Å². The van der Waals surface area contributed by atoms with E-state index in [1.54, 1.807) is 0 Å². The molecule has 4 unspecified atom stereocenters. The number of hydrogen-bond donors (Lipinski definition) is 1. The molecule has 0 saturated heterocycles. The fourth-order valence-electron chi connectivity index (χ4n) is 3.06. The Morgan fingerprint density at radius 3 is 2.74 bits per heavy atom. The van der Waals surface area contributed by atoms with Gasteiger partial charge >= 0.3 is 0 Å². The molecule has 1 saturated carbocycles. The monoisotopic (exact) mass is 277 g/mol. The lowest BCUT2D eigenvalue weighted by molar-refractivity contribution is 0.393. The van der Waals surface area contributed by atoms with Crippen LogP contribution in [0.2, 0.25) is 0 Å². The summed E-state index contributed by atoms with van der Waals surface area (Å²) < 4.78 is 0. The van der Waals surface area contributed by atoms with Gasteiger partial charge in [-0.05, 0) is 38.2 Å². The number of benzene rings is 1. The standard InChI is InChI=1S/C17H27NS/c1-12-6-4-8-15(10-12)17(14(3)18)19-16-9-5-7-13(2)11-16/h4,6,8,10,13-14,16-17H,5,7,9,11,18H2,1-3H3. The van der Waals surface area contributed by atoms with Gasteiger partial charge in [0.15, 0.2) is 0 Å². The van der Waals surface area contributed by atoms with E-state index in [4.69, 9.17) is 5.73 Å². The summed E-state index contributed by atoms with van der Waals surface area (Å²) >= 11 is 2.11. The minimum atomic E-state index is 0.212. The van der Waals surface area contributed by atoms with Crippen LogP contribution in [0.4, 0.5) is 0 Å². The predicted molar refractivity (Wildman–Crippen MR) is 86.6 cm³/mol. The topological polar surface area (TPSA) is 26.0 Å². The van der Waals surface area contributed by atoms with E-state index in [1.807, 2.05) is 0 Å². The van der Waals surface area contributed by atoms with Crippen molar-refractivity contribution in [3.05, 3.63) is 35.4 Å². The Labute approximate surface area is 122 Å². The third kappa shape index (κ3) is 4.25. The van der Waals surface area contributed by atoms with Crippen molar-refractivity contribution >= 4 is 11.8 Å². The van der Waals surface area contributed by atoms with Crippen LogP contribution in [0.1, 0.15) is 55.9 Å². The lowest BCUT2D eigenvalue weighted by Gasteiger charge is -2.31. The van der Waals surface area contributed by atoms with Gasteiger partial charge in [-0.1, -0.05) is 49.6 Å². The summed E-state index contributed by atoms with van der Waals surface area (Å²) in [5, 5.41) is 1.23. The van der Waals surface area contributed by atoms with E-state index >= 15 is 0 Å². The Balaban J connectivity index is 2.08. The van der Waals surface area contributed by atoms with E-state index in [0.29, 0.717) is 5.25 Å². The van der Waals surface area contributed by atoms with E-state index in [0.717, 1.165) is 11.2 Å². The molecule has 0 aliphatic heterocycles. The van der Waals surface area contributed by atoms with Gasteiger partial charge in [-0.15, -0.1) is 11.8 Å². The zero-order chi connectivity index (χ0) is 13.8. The highest BCUT2D eigenvalue weighted by molar-refractivity contribution is 8.00. The fraction of sp³-hybridized carbons (Fsp3) is 0.647. The molecule has 1 aromatic carbocycles. The molecule has 0 bridgehead atoms. The van der Waals surface area contributed by atoms with Crippen LogP contribution in [0.15, 0.2) is 24.3 Å². The largest absolute Gasteiger partial charge is 0.327 e. The highest BCUT2D eigenvalue weighted by atomic mass is 32.2. The Morgan fingerprint density at radius 1 is 1.32 bits per heavy atom. The lowest BCUT2D eigenvalue weighted by atomic mass is 9.90. The first kappa shape index (κ1) is 14.9. The molecule has 0 spiro atoms. The summed E-state index contributed by atoms with van der Waals surface area (Å²) in [5.41, 5.74) is 8.98. The van der Waals surface area contributed by atoms with Crippen LogP contribution in [0, 0.1) is 12.8 Å². The van der Waals surface area contributed by atoms with Crippen LogP contribution in [0.25, 0.3) is 0 Å². The molecule has 1 aliphatic carbocycles. The van der Waals surface area contributed by atoms with Crippen LogP contribution in [-0.4, -0.2) is 11.3 Å². The Kier molecular flexibility index (Phi) is 5.35. The first-order valence-electron chi connectivity index (χ1n) is 7.54. The smallest absolute Gasteiger partial charge is 0.0448 e. The van der Waals surface area contributed by atoms with Crippen molar-refractivity contribution in [2.75, 3.05) is 0 Å². The normalized spacial score (nSPS) is 26.9. The number of hydrogen-bond acceptors (Lipinski definition) is 2. The molecule has 2 N–H and O–H groups in total. The fourth-order valence-corrected chi connectivity index (χ4v) is 4.77. The van der Waals surface area contributed by atoms with E-state index in [9.17, 15) is 0 Å². The summed E-state index contributed by atoms with van der Waals surface area (Å²) in [5.74, 6) is 0.887. The van der Waals surface area contributed by atoms with E-state index in [2.05, 4.69) is 56.8 Å². The zero-order valence-corrected chi connectivity index (χ0v) is 13.2. The second-order valence-corrected chi connectivity index (χ2v) is 7.67. The molecule has 1 aliphatic rings. The summed E-state index contributed by atoms with van der Waals surface area (Å²) in [6.45, 7) is 6.70. The molecular weight excluding hydrogens is 250 g/mol. The molecule has 1 nitrogen and oxygen atoms in total. The first-order valence-corrected chi connectivity index (χ1v) is 8.48. The average molecular weight is 277 g/mol. The third-order valence-corrected chi connectivity index (χ3v) is 5.88. The molecule has 0 aromatic heterocycles. The molecule has 106 valence electrons. The quantitative estimate of drug-likeness (QED) is 0.863. The van der Waals surface area contributed by atoms with Crippen molar-refractivity contribution in [3.63, 3.8) is 0 Å². The average Bonchev–Trinajstić information content (AvgIpc) is 2.35. The third-order valence-electron chi connectivity index (χ3n) is 4.08. The minimum Gasteiger partial charge on any atom is -0.327 e. The maximum absolute atomic E-state index is 6.25. The van der Waals surface area contributed by atoms with Crippen molar-refractivity contribution in [2.45, 2.75) is 63.0 Å². The van der Waals surface area contributed by atoms with E-state index in [-0.39, 0.29) is 6.04 Å². The summed E-state index contributed by atoms with van der Waals surface area (Å²) in [6, 6.07) is 9.07. The summed E-state index contributed by atoms with van der Waals surface area (Å²) in [7, 11) is 0. The molecule has 1 aromatic rings. The van der Waals surface area contributed by atoms with Crippen LogP contribution >= 0.6 is 11.8 Å². The Morgan fingerprint density at radius 2 is 2.11 bits per heavy atom. The molecule has 0 radical (unpaired) electrons. The van der Waals surface area contributed by atoms with Gasteiger partial charge < -0.3 is 5.73 Å². The van der Waals surface area contributed by atoms with Gasteiger partial charge in [0.2, 0.25) is 0 Å². The molecule has 0 amide bonds. The van der Waals surface area contributed by atoms with Crippen LogP contribution in [0.3, 0.4) is 0 Å². The maximum atomic E-state index is 6.25. The van der Waals surface area contributed by atoms with Gasteiger partial charge in [0, 0.05) is 16.5 Å². The van der Waals surface area contributed by atoms with Crippen molar-refractivity contribution in [1.29, 1.82) is 0 Å². The number of thioether (sulfide) groups is 1. The summed E-state index contributed by atoms with van der Waals surface area (Å²) in [6.07, 6.45) is 5.52. The molecule has 0 heterocycles. The van der Waals surface area contributed by atoms with Crippen LogP contribution < -0.4 is 5.73 Å². The van der Waals surface area contributed by atoms with Crippen molar-refractivity contribution in [2.24, 2.45) is 11.7 Å².